The third-order valence-electron chi connectivity index (χ3n) is 3.77. The molecule has 0 bridgehead atoms. The number of nitrogens with zero attached hydrogens (tertiary/aromatic N) is 3. The Kier molecular flexibility index (Phi) is 5.64. The summed E-state index contributed by atoms with van der Waals surface area (Å²) in [5.41, 5.74) is 1.31. The van der Waals surface area contributed by atoms with Crippen LogP contribution in [0.5, 0.6) is 0 Å². The van der Waals surface area contributed by atoms with Gasteiger partial charge in [0.25, 0.3) is 0 Å². The summed E-state index contributed by atoms with van der Waals surface area (Å²) in [6.07, 6.45) is 4.95. The van der Waals surface area contributed by atoms with Crippen molar-refractivity contribution >= 4 is 32.3 Å². The second-order valence-corrected chi connectivity index (χ2v) is 9.07. The lowest BCUT2D eigenvalue weighted by atomic mass is 10.1. The molecule has 0 aliphatic rings. The largest absolute Gasteiger partial charge is 0.357 e. The quantitative estimate of drug-likeness (QED) is 0.611. The van der Waals surface area contributed by atoms with Gasteiger partial charge in [-0.05, 0) is 23.8 Å². The smallest absolute Gasteiger partial charge is 0.242 e. The van der Waals surface area contributed by atoms with E-state index in [1.54, 1.807) is 24.5 Å². The molecule has 0 aliphatic carbocycles. The van der Waals surface area contributed by atoms with Crippen LogP contribution < -0.4 is 5.32 Å². The number of ketones is 1. The molecule has 3 aromatic rings. The number of aromatic nitrogens is 2. The van der Waals surface area contributed by atoms with E-state index in [0.29, 0.717) is 22.1 Å². The Balaban J connectivity index is 1.76. The maximum absolute atomic E-state index is 12.7. The maximum Gasteiger partial charge on any atom is 0.242 e. The van der Waals surface area contributed by atoms with Crippen LogP contribution in [-0.4, -0.2) is 42.6 Å². The first kappa shape index (κ1) is 19.2. The van der Waals surface area contributed by atoms with Crippen LogP contribution in [-0.2, 0) is 16.6 Å². The van der Waals surface area contributed by atoms with Gasteiger partial charge in [-0.2, -0.15) is 0 Å². The lowest BCUT2D eigenvalue weighted by Gasteiger charge is -2.11. The van der Waals surface area contributed by atoms with Crippen molar-refractivity contribution in [1.29, 1.82) is 0 Å². The van der Waals surface area contributed by atoms with Gasteiger partial charge >= 0.3 is 0 Å². The van der Waals surface area contributed by atoms with E-state index in [1.807, 2.05) is 12.1 Å². The topological polar surface area (TPSA) is 92.3 Å². The van der Waals surface area contributed by atoms with Crippen molar-refractivity contribution in [2.75, 3.05) is 19.4 Å². The van der Waals surface area contributed by atoms with E-state index in [-0.39, 0.29) is 10.7 Å². The summed E-state index contributed by atoms with van der Waals surface area (Å²) < 4.78 is 25.6. The van der Waals surface area contributed by atoms with Gasteiger partial charge in [0.05, 0.1) is 16.0 Å². The zero-order chi connectivity index (χ0) is 19.4. The van der Waals surface area contributed by atoms with Gasteiger partial charge < -0.3 is 5.32 Å². The number of sulfonamides is 1. The number of hydrogen-bond acceptors (Lipinski definition) is 7. The van der Waals surface area contributed by atoms with Crippen LogP contribution in [0.25, 0.3) is 0 Å². The molecule has 140 valence electrons. The van der Waals surface area contributed by atoms with Crippen molar-refractivity contribution in [1.82, 2.24) is 14.3 Å². The van der Waals surface area contributed by atoms with Gasteiger partial charge in [-0.15, -0.1) is 0 Å². The fraction of sp³-hybridized carbons (Fsp3) is 0.167. The molecule has 7 nitrogen and oxygen atoms in total. The van der Waals surface area contributed by atoms with Gasteiger partial charge in [-0.25, -0.2) is 17.7 Å². The lowest BCUT2D eigenvalue weighted by molar-refractivity contribution is 0.104. The summed E-state index contributed by atoms with van der Waals surface area (Å²) in [5, 5.41) is 3.76. The predicted octanol–water partition coefficient (Wildman–Crippen LogP) is 2.63. The molecule has 0 spiro atoms. The Morgan fingerprint density at radius 3 is 2.70 bits per heavy atom. The Labute approximate surface area is 161 Å². The van der Waals surface area contributed by atoms with E-state index in [1.165, 1.54) is 43.8 Å². The van der Waals surface area contributed by atoms with E-state index in [2.05, 4.69) is 15.3 Å². The van der Waals surface area contributed by atoms with Gasteiger partial charge in [-0.3, -0.25) is 9.78 Å². The number of rotatable bonds is 7. The van der Waals surface area contributed by atoms with Crippen LogP contribution in [0.2, 0.25) is 0 Å². The summed E-state index contributed by atoms with van der Waals surface area (Å²) in [5.74, 6) is -0.266. The summed E-state index contributed by atoms with van der Waals surface area (Å²) in [4.78, 5) is 21.5. The van der Waals surface area contributed by atoms with Crippen LogP contribution in [0.4, 0.5) is 5.13 Å². The second kappa shape index (κ2) is 7.95. The molecule has 27 heavy (non-hydrogen) atoms. The molecule has 9 heteroatoms. The van der Waals surface area contributed by atoms with Crippen LogP contribution in [0, 0.1) is 0 Å². The van der Waals surface area contributed by atoms with Gasteiger partial charge in [-0.1, -0.05) is 29.5 Å². The first-order valence-corrected chi connectivity index (χ1v) is 10.3. The van der Waals surface area contributed by atoms with E-state index >= 15 is 0 Å². The first-order valence-electron chi connectivity index (χ1n) is 8.04. The normalized spacial score (nSPS) is 11.5. The minimum absolute atomic E-state index is 0.0813. The molecule has 0 fully saturated rings. The number of anilines is 1. The van der Waals surface area contributed by atoms with Crippen LogP contribution in [0.3, 0.4) is 0 Å². The highest BCUT2D eigenvalue weighted by Gasteiger charge is 2.20. The minimum Gasteiger partial charge on any atom is -0.357 e. The molecule has 2 heterocycles. The molecule has 1 aromatic carbocycles. The zero-order valence-electron chi connectivity index (χ0n) is 14.8. The van der Waals surface area contributed by atoms with Crippen LogP contribution >= 0.6 is 11.3 Å². The molecule has 3 rings (SSSR count). The van der Waals surface area contributed by atoms with Crippen molar-refractivity contribution in [2.45, 2.75) is 11.4 Å². The Morgan fingerprint density at radius 2 is 2.00 bits per heavy atom. The number of carbonyl (C=O) groups excluding carboxylic acids is 1. The van der Waals surface area contributed by atoms with Crippen molar-refractivity contribution < 1.29 is 13.2 Å². The summed E-state index contributed by atoms with van der Waals surface area (Å²) in [7, 11) is -0.695. The Hall–Kier alpha value is -2.62. The van der Waals surface area contributed by atoms with E-state index < -0.39 is 10.0 Å². The first-order chi connectivity index (χ1) is 12.9. The van der Waals surface area contributed by atoms with Gasteiger partial charge in [0.1, 0.15) is 0 Å². The summed E-state index contributed by atoms with van der Waals surface area (Å²) >= 11 is 1.22. The SMILES string of the molecule is CN(C)S(=O)(=O)c1cccc(C(=O)c2cnc(NCc3cccnc3)s2)c1. The molecule has 0 saturated heterocycles. The third-order valence-corrected chi connectivity index (χ3v) is 6.54. The second-order valence-electron chi connectivity index (χ2n) is 5.89. The zero-order valence-corrected chi connectivity index (χ0v) is 16.4. The van der Waals surface area contributed by atoms with Gasteiger partial charge in [0, 0.05) is 38.6 Å². The van der Waals surface area contributed by atoms with E-state index in [4.69, 9.17) is 0 Å². The molecule has 1 N–H and O–H groups in total. The number of hydrogen-bond donors (Lipinski definition) is 1. The average Bonchev–Trinajstić information content (AvgIpc) is 3.15. The highest BCUT2D eigenvalue weighted by atomic mass is 32.2. The Bertz CT molecular complexity index is 1050. The predicted molar refractivity (Wildman–Crippen MR) is 104 cm³/mol. The van der Waals surface area contributed by atoms with E-state index in [9.17, 15) is 13.2 Å². The maximum atomic E-state index is 12.7. The molecular weight excluding hydrogens is 384 g/mol. The van der Waals surface area contributed by atoms with Crippen LogP contribution in [0.15, 0.2) is 59.9 Å². The lowest BCUT2D eigenvalue weighted by Crippen LogP contribution is -2.22. The average molecular weight is 403 g/mol. The fourth-order valence-corrected chi connectivity index (χ4v) is 4.01. The molecule has 0 atom stereocenters. The van der Waals surface area contributed by atoms with Crippen molar-refractivity contribution in [3.8, 4) is 0 Å². The van der Waals surface area contributed by atoms with Crippen molar-refractivity contribution in [2.24, 2.45) is 0 Å². The number of nitrogens with one attached hydrogen (secondary N) is 1. The molecule has 0 amide bonds. The fourth-order valence-electron chi connectivity index (χ4n) is 2.29. The standard InChI is InChI=1S/C18H18N4O3S2/c1-22(2)27(24,25)15-7-3-6-14(9-15)17(23)16-12-21-18(26-16)20-11-13-5-4-8-19-10-13/h3-10,12H,11H2,1-2H3,(H,20,21). The molecule has 2 aromatic heterocycles. The summed E-state index contributed by atoms with van der Waals surface area (Å²) in [6, 6.07) is 9.81. The molecule has 0 saturated carbocycles. The van der Waals surface area contributed by atoms with E-state index in [0.717, 1.165) is 9.87 Å². The van der Waals surface area contributed by atoms with Crippen LogP contribution in [0.1, 0.15) is 20.8 Å². The molecule has 0 aliphatic heterocycles. The summed E-state index contributed by atoms with van der Waals surface area (Å²) in [6.45, 7) is 0.547. The highest BCUT2D eigenvalue weighted by molar-refractivity contribution is 7.89. The number of carbonyl (C=O) groups is 1. The van der Waals surface area contributed by atoms with Gasteiger partial charge in [0.15, 0.2) is 5.13 Å². The third kappa shape index (κ3) is 4.38. The van der Waals surface area contributed by atoms with Crippen molar-refractivity contribution in [3.05, 3.63) is 71.0 Å². The number of benzene rings is 1. The number of pyridine rings is 1. The Morgan fingerprint density at radius 1 is 1.19 bits per heavy atom. The molecule has 0 unspecified atom stereocenters. The molecular formula is C18H18N4O3S2. The van der Waals surface area contributed by atoms with Crippen molar-refractivity contribution in [3.63, 3.8) is 0 Å². The minimum atomic E-state index is -3.60. The molecule has 0 radical (unpaired) electrons. The highest BCUT2D eigenvalue weighted by Crippen LogP contribution is 2.23. The monoisotopic (exact) mass is 402 g/mol. The number of thiazole rings is 1. The van der Waals surface area contributed by atoms with Gasteiger partial charge in [0.2, 0.25) is 15.8 Å².